The van der Waals surface area contributed by atoms with Gasteiger partial charge in [0.1, 0.15) is 0 Å². The molecule has 0 atom stereocenters. The summed E-state index contributed by atoms with van der Waals surface area (Å²) in [7, 11) is 1.99. The Kier molecular flexibility index (Phi) is 5.63. The number of rotatable bonds is 5. The molecule has 0 amide bonds. The lowest BCUT2D eigenvalue weighted by Gasteiger charge is -2.24. The predicted molar refractivity (Wildman–Crippen MR) is 56.8 cm³/mol. The van der Waals surface area contributed by atoms with Crippen LogP contribution in [-0.4, -0.2) is 41.5 Å². The third kappa shape index (κ3) is 8.11. The molecular formula is C9H19NOS. The Bertz CT molecular complexity index is 140. The maximum Gasteiger partial charge on any atom is 0.0718 e. The van der Waals surface area contributed by atoms with E-state index in [1.807, 2.05) is 27.0 Å². The van der Waals surface area contributed by atoms with Gasteiger partial charge in [0.2, 0.25) is 0 Å². The van der Waals surface area contributed by atoms with Gasteiger partial charge in [-0.1, -0.05) is 12.2 Å². The summed E-state index contributed by atoms with van der Waals surface area (Å²) in [4.78, 5) is 2.07. The number of hydrogen-bond acceptors (Lipinski definition) is 3. The minimum absolute atomic E-state index is 0.608. The lowest BCUT2D eigenvalue weighted by atomic mass is 10.1. The summed E-state index contributed by atoms with van der Waals surface area (Å²) in [5.74, 6) is 0.774. The van der Waals surface area contributed by atoms with E-state index < -0.39 is 5.60 Å². The highest BCUT2D eigenvalue weighted by Crippen LogP contribution is 2.02. The minimum Gasteiger partial charge on any atom is -0.389 e. The zero-order valence-electron chi connectivity index (χ0n) is 8.12. The smallest absolute Gasteiger partial charge is 0.0718 e. The maximum absolute atomic E-state index is 9.46. The second-order valence-electron chi connectivity index (χ2n) is 3.66. The van der Waals surface area contributed by atoms with Gasteiger partial charge in [0.05, 0.1) is 5.60 Å². The van der Waals surface area contributed by atoms with Gasteiger partial charge in [0.15, 0.2) is 0 Å². The van der Waals surface area contributed by atoms with E-state index in [4.69, 9.17) is 0 Å². The lowest BCUT2D eigenvalue weighted by molar-refractivity contribution is 0.0479. The van der Waals surface area contributed by atoms with Crippen molar-refractivity contribution in [3.8, 4) is 0 Å². The fourth-order valence-corrected chi connectivity index (χ4v) is 1.20. The van der Waals surface area contributed by atoms with Crippen LogP contribution in [0.5, 0.6) is 0 Å². The van der Waals surface area contributed by atoms with Crippen molar-refractivity contribution in [3.05, 3.63) is 12.2 Å². The summed E-state index contributed by atoms with van der Waals surface area (Å²) >= 11 is 4.05. The molecule has 0 aromatic carbocycles. The molecule has 72 valence electrons. The molecule has 0 radical (unpaired) electrons. The Balaban J connectivity index is 3.60. The second-order valence-corrected chi connectivity index (χ2v) is 4.03. The van der Waals surface area contributed by atoms with E-state index in [2.05, 4.69) is 23.6 Å². The normalized spacial score (nSPS) is 13.2. The Hall–Kier alpha value is 0.01000. The van der Waals surface area contributed by atoms with Crippen molar-refractivity contribution in [1.29, 1.82) is 0 Å². The van der Waals surface area contributed by atoms with E-state index in [0.717, 1.165) is 12.3 Å². The number of thiol groups is 1. The van der Waals surface area contributed by atoms with Gasteiger partial charge in [-0.15, -0.1) is 0 Å². The first kappa shape index (κ1) is 12.0. The van der Waals surface area contributed by atoms with Crippen LogP contribution in [0.3, 0.4) is 0 Å². The molecule has 0 rings (SSSR count). The Morgan fingerprint density at radius 1 is 1.42 bits per heavy atom. The van der Waals surface area contributed by atoms with Crippen LogP contribution >= 0.6 is 12.6 Å². The summed E-state index contributed by atoms with van der Waals surface area (Å²) < 4.78 is 0. The van der Waals surface area contributed by atoms with Crippen LogP contribution < -0.4 is 0 Å². The maximum atomic E-state index is 9.46. The van der Waals surface area contributed by atoms with Gasteiger partial charge < -0.3 is 5.11 Å². The van der Waals surface area contributed by atoms with E-state index in [9.17, 15) is 5.11 Å². The molecule has 3 heteroatoms. The Morgan fingerprint density at radius 3 is 2.42 bits per heavy atom. The Morgan fingerprint density at radius 2 is 2.00 bits per heavy atom. The molecule has 0 unspecified atom stereocenters. The van der Waals surface area contributed by atoms with Gasteiger partial charge in [-0.2, -0.15) is 12.6 Å². The zero-order chi connectivity index (χ0) is 9.61. The number of aliphatic hydroxyl groups is 1. The monoisotopic (exact) mass is 189 g/mol. The molecule has 0 aromatic heterocycles. The first-order valence-corrected chi connectivity index (χ1v) is 4.76. The van der Waals surface area contributed by atoms with Crippen LogP contribution in [0.25, 0.3) is 0 Å². The van der Waals surface area contributed by atoms with Crippen molar-refractivity contribution in [1.82, 2.24) is 4.90 Å². The summed E-state index contributed by atoms with van der Waals surface area (Å²) in [5.41, 5.74) is -0.608. The summed E-state index contributed by atoms with van der Waals surface area (Å²) in [6.07, 6.45) is 4.06. The Labute approximate surface area is 80.7 Å². The van der Waals surface area contributed by atoms with Crippen molar-refractivity contribution in [2.45, 2.75) is 19.4 Å². The molecule has 0 spiro atoms. The molecule has 0 saturated heterocycles. The number of likely N-dealkylation sites (N-methyl/N-ethyl adjacent to an activating group) is 1. The van der Waals surface area contributed by atoms with Crippen molar-refractivity contribution in [2.75, 3.05) is 25.9 Å². The van der Waals surface area contributed by atoms with Crippen molar-refractivity contribution >= 4 is 12.6 Å². The van der Waals surface area contributed by atoms with Crippen LogP contribution in [0, 0.1) is 0 Å². The first-order chi connectivity index (χ1) is 5.45. The van der Waals surface area contributed by atoms with Crippen molar-refractivity contribution in [2.24, 2.45) is 0 Å². The highest BCUT2D eigenvalue weighted by Gasteiger charge is 2.14. The van der Waals surface area contributed by atoms with Gasteiger partial charge in [-0.05, 0) is 20.9 Å². The molecule has 1 N–H and O–H groups in total. The van der Waals surface area contributed by atoms with E-state index in [1.165, 1.54) is 0 Å². The van der Waals surface area contributed by atoms with Crippen LogP contribution in [0.15, 0.2) is 12.2 Å². The van der Waals surface area contributed by atoms with Crippen molar-refractivity contribution in [3.63, 3.8) is 0 Å². The topological polar surface area (TPSA) is 23.5 Å². The largest absolute Gasteiger partial charge is 0.389 e. The standard InChI is InChI=1S/C9H19NOS/c1-9(2,11)8-10(3)6-4-5-7-12/h4-5,11-12H,6-8H2,1-3H3. The van der Waals surface area contributed by atoms with Gasteiger partial charge >= 0.3 is 0 Å². The van der Waals surface area contributed by atoms with Gasteiger partial charge in [-0.25, -0.2) is 0 Å². The molecule has 0 heterocycles. The minimum atomic E-state index is -0.608. The molecule has 0 aliphatic heterocycles. The number of hydrogen-bond donors (Lipinski definition) is 2. The molecule has 2 nitrogen and oxygen atoms in total. The highest BCUT2D eigenvalue weighted by molar-refractivity contribution is 7.80. The number of nitrogens with zero attached hydrogens (tertiary/aromatic N) is 1. The average molecular weight is 189 g/mol. The van der Waals surface area contributed by atoms with Crippen LogP contribution in [-0.2, 0) is 0 Å². The third-order valence-corrected chi connectivity index (χ3v) is 1.56. The predicted octanol–water partition coefficient (Wildman–Crippen LogP) is 1.18. The van der Waals surface area contributed by atoms with Crippen LogP contribution in [0.4, 0.5) is 0 Å². The van der Waals surface area contributed by atoms with E-state index >= 15 is 0 Å². The fourth-order valence-electron chi connectivity index (χ4n) is 1.05. The van der Waals surface area contributed by atoms with Crippen LogP contribution in [0.2, 0.25) is 0 Å². The van der Waals surface area contributed by atoms with Crippen LogP contribution in [0.1, 0.15) is 13.8 Å². The molecule has 0 bridgehead atoms. The average Bonchev–Trinajstić information content (AvgIpc) is 1.84. The summed E-state index contributed by atoms with van der Waals surface area (Å²) in [6, 6.07) is 0. The molecule has 0 aliphatic carbocycles. The summed E-state index contributed by atoms with van der Waals surface area (Å²) in [5, 5.41) is 9.46. The second kappa shape index (κ2) is 5.62. The zero-order valence-corrected chi connectivity index (χ0v) is 9.01. The highest BCUT2D eigenvalue weighted by atomic mass is 32.1. The lowest BCUT2D eigenvalue weighted by Crippen LogP contribution is -2.36. The van der Waals surface area contributed by atoms with Crippen molar-refractivity contribution < 1.29 is 5.11 Å². The third-order valence-electron chi connectivity index (χ3n) is 1.35. The van der Waals surface area contributed by atoms with Gasteiger partial charge in [-0.3, -0.25) is 4.90 Å². The first-order valence-electron chi connectivity index (χ1n) is 4.12. The van der Waals surface area contributed by atoms with Gasteiger partial charge in [0.25, 0.3) is 0 Å². The van der Waals surface area contributed by atoms with Gasteiger partial charge in [0, 0.05) is 18.8 Å². The molecule has 0 fully saturated rings. The quantitative estimate of drug-likeness (QED) is 0.501. The van der Waals surface area contributed by atoms with E-state index in [0.29, 0.717) is 6.54 Å². The molecular weight excluding hydrogens is 170 g/mol. The molecule has 0 aliphatic rings. The molecule has 0 aromatic rings. The summed E-state index contributed by atoms with van der Waals surface area (Å²) in [6.45, 7) is 5.17. The van der Waals surface area contributed by atoms with E-state index in [-0.39, 0.29) is 0 Å². The fraction of sp³-hybridized carbons (Fsp3) is 0.778. The SMILES string of the molecule is CN(CC=CCS)CC(C)(C)O. The molecule has 12 heavy (non-hydrogen) atoms. The van der Waals surface area contributed by atoms with E-state index in [1.54, 1.807) is 0 Å². The molecule has 0 saturated carbocycles.